The normalized spacial score (nSPS) is 25.9. The number of fused-ring (bicyclic) bond motifs is 1. The largest absolute Gasteiger partial charge is 0.387 e. The van der Waals surface area contributed by atoms with E-state index < -0.39 is 57.1 Å². The molecule has 2 aliphatic rings. The third kappa shape index (κ3) is 5.64. The predicted octanol–water partition coefficient (Wildman–Crippen LogP) is -0.254. The maximum atomic E-state index is 12.5. The van der Waals surface area contributed by atoms with E-state index in [0.29, 0.717) is 11.2 Å². The number of aromatic amines is 1. The lowest BCUT2D eigenvalue weighted by molar-refractivity contribution is -0.113. The maximum absolute atomic E-state index is 12.5. The number of aliphatic hydroxyl groups excluding tert-OH is 2. The Morgan fingerprint density at radius 3 is 2.72 bits per heavy atom. The molecule has 4 heterocycles. The maximum Gasteiger partial charge on any atom is 0.359 e. The zero-order valence-electron chi connectivity index (χ0n) is 20.8. The van der Waals surface area contributed by atoms with Crippen LogP contribution in [-0.2, 0) is 25.2 Å². The number of H-pyrrole nitrogens is 1. The van der Waals surface area contributed by atoms with Crippen molar-refractivity contribution >= 4 is 36.0 Å². The Hall–Kier alpha value is -2.34. The average Bonchev–Trinajstić information content (AvgIpc) is 3.68. The second-order valence-electron chi connectivity index (χ2n) is 9.58. The molecule has 1 aliphatic heterocycles. The van der Waals surface area contributed by atoms with E-state index in [9.17, 15) is 24.6 Å². The number of nitrogens with zero attached hydrogens (tertiary/aromatic N) is 7. The van der Waals surface area contributed by atoms with Gasteiger partial charge in [0.05, 0.1) is 31.2 Å². The van der Waals surface area contributed by atoms with Crippen LogP contribution in [0, 0.1) is 0 Å². The number of halogens is 1. The molecule has 39 heavy (non-hydrogen) atoms. The van der Waals surface area contributed by atoms with E-state index in [0.717, 1.165) is 25.7 Å². The fourth-order valence-electron chi connectivity index (χ4n) is 4.91. The van der Waals surface area contributed by atoms with Crippen LogP contribution < -0.4 is 5.32 Å². The Balaban J connectivity index is 1.37. The summed E-state index contributed by atoms with van der Waals surface area (Å²) in [5.74, 6) is 0.478. The first-order chi connectivity index (χ1) is 18.6. The van der Waals surface area contributed by atoms with Crippen LogP contribution >= 0.6 is 19.2 Å². The first-order valence-corrected chi connectivity index (χ1v) is 14.2. The Labute approximate surface area is 226 Å². The van der Waals surface area contributed by atoms with E-state index in [2.05, 4.69) is 41.0 Å². The van der Waals surface area contributed by atoms with Gasteiger partial charge >= 0.3 is 7.60 Å². The number of aromatic nitrogens is 8. The third-order valence-electron chi connectivity index (χ3n) is 6.94. The van der Waals surface area contributed by atoms with Crippen LogP contribution in [0.2, 0.25) is 5.28 Å². The lowest BCUT2D eigenvalue weighted by Gasteiger charge is -2.33. The molecular formula is C20H29ClN9O8P. The fraction of sp³-hybridized carbons (Fsp3) is 0.700. The lowest BCUT2D eigenvalue weighted by Crippen LogP contribution is -2.44. The summed E-state index contributed by atoms with van der Waals surface area (Å²) in [4.78, 5) is 28.8. The first kappa shape index (κ1) is 28.2. The molecule has 0 radical (unpaired) electrons. The van der Waals surface area contributed by atoms with Gasteiger partial charge in [0, 0.05) is 13.2 Å². The average molecular weight is 590 g/mol. The molecule has 0 bridgehead atoms. The van der Waals surface area contributed by atoms with Gasteiger partial charge in [0.2, 0.25) is 5.28 Å². The molecule has 6 N–H and O–H groups in total. The van der Waals surface area contributed by atoms with Crippen LogP contribution in [0.15, 0.2) is 6.20 Å². The molecule has 3 aromatic heterocycles. The van der Waals surface area contributed by atoms with Crippen LogP contribution in [0.4, 0.5) is 5.82 Å². The summed E-state index contributed by atoms with van der Waals surface area (Å²) in [5, 5.41) is 40.7. The summed E-state index contributed by atoms with van der Waals surface area (Å²) in [7, 11) is -3.75. The van der Waals surface area contributed by atoms with E-state index in [1.54, 1.807) is 0 Å². The van der Waals surface area contributed by atoms with Crippen LogP contribution in [0.3, 0.4) is 0 Å². The number of ether oxygens (including phenoxy) is 3. The predicted molar refractivity (Wildman–Crippen MR) is 133 cm³/mol. The van der Waals surface area contributed by atoms with Crippen molar-refractivity contribution in [3.05, 3.63) is 17.3 Å². The van der Waals surface area contributed by atoms with Gasteiger partial charge in [0.25, 0.3) is 0 Å². The molecule has 1 saturated heterocycles. The molecule has 0 amide bonds. The Kier molecular flexibility index (Phi) is 8.15. The van der Waals surface area contributed by atoms with Crippen molar-refractivity contribution in [1.82, 2.24) is 40.4 Å². The van der Waals surface area contributed by atoms with Gasteiger partial charge < -0.3 is 39.5 Å². The number of nitrogens with one attached hydrogen (secondary N) is 2. The highest BCUT2D eigenvalue weighted by molar-refractivity contribution is 7.53. The number of aliphatic hydroxyl groups is 2. The van der Waals surface area contributed by atoms with Gasteiger partial charge in [-0.25, -0.2) is 4.68 Å². The number of tetrazole rings is 1. The summed E-state index contributed by atoms with van der Waals surface area (Å²) in [6.45, 7) is -1.05. The minimum atomic E-state index is -5.00. The summed E-state index contributed by atoms with van der Waals surface area (Å²) in [6.07, 6.45) is -0.0925. The molecule has 17 nitrogen and oxygen atoms in total. The summed E-state index contributed by atoms with van der Waals surface area (Å²) >= 11 is 6.19. The van der Waals surface area contributed by atoms with Crippen molar-refractivity contribution in [3.63, 3.8) is 0 Å². The van der Waals surface area contributed by atoms with E-state index in [-0.39, 0.29) is 22.8 Å². The fourth-order valence-corrected chi connectivity index (χ4v) is 5.96. The van der Waals surface area contributed by atoms with E-state index in [1.807, 2.05) is 0 Å². The molecule has 2 fully saturated rings. The number of hydrogen-bond donors (Lipinski definition) is 6. The van der Waals surface area contributed by atoms with Gasteiger partial charge in [-0.1, -0.05) is 18.1 Å². The summed E-state index contributed by atoms with van der Waals surface area (Å²) < 4.78 is 30.4. The van der Waals surface area contributed by atoms with Gasteiger partial charge in [0.15, 0.2) is 23.0 Å². The highest BCUT2D eigenvalue weighted by atomic mass is 35.5. The van der Waals surface area contributed by atoms with Crippen LogP contribution in [-0.4, -0.2) is 110 Å². The Morgan fingerprint density at radius 2 is 2.05 bits per heavy atom. The van der Waals surface area contributed by atoms with Gasteiger partial charge in [-0.15, -0.1) is 10.2 Å². The van der Waals surface area contributed by atoms with Gasteiger partial charge in [0.1, 0.15) is 24.1 Å². The number of rotatable bonds is 11. The summed E-state index contributed by atoms with van der Waals surface area (Å²) in [5.41, 5.74) is 0.273. The van der Waals surface area contributed by atoms with Crippen molar-refractivity contribution in [2.24, 2.45) is 0 Å². The van der Waals surface area contributed by atoms with Crippen molar-refractivity contribution in [2.75, 3.05) is 25.6 Å². The Morgan fingerprint density at radius 1 is 1.28 bits per heavy atom. The number of hydrogen-bond acceptors (Lipinski definition) is 13. The van der Waals surface area contributed by atoms with Crippen molar-refractivity contribution < 1.29 is 38.8 Å². The molecule has 0 aromatic carbocycles. The smallest absolute Gasteiger partial charge is 0.359 e. The minimum absolute atomic E-state index is 0.0252. The molecule has 1 saturated carbocycles. The number of methoxy groups -OCH3 is 1. The Bertz CT molecular complexity index is 1320. The van der Waals surface area contributed by atoms with Crippen LogP contribution in [0.5, 0.6) is 0 Å². The molecule has 1 aliphatic carbocycles. The first-order valence-electron chi connectivity index (χ1n) is 12.2. The molecule has 1 unspecified atom stereocenters. The minimum Gasteiger partial charge on any atom is -0.387 e. The molecular weight excluding hydrogens is 561 g/mol. The summed E-state index contributed by atoms with van der Waals surface area (Å²) in [6, 6.07) is 0.244. The quantitative estimate of drug-likeness (QED) is 0.125. The standard InChI is InChI=1S/C20H29ClN9O8P/c1-36-9-20(39(33,34)35,6-13-26-28-29-27-13)37-8-12-14(31)15(32)18(38-12)30-17-11(7-22-30)16(24-19(21)25-17)23-10-4-2-3-5-10/h7,10,12,14-15,18,31-32H,2-6,8-9H2,1H3,(H,23,24,25)(H2,33,34,35)(H,26,27,28,29)/t12-,14-,15-,18-,20?/m0/s1. The number of anilines is 1. The highest BCUT2D eigenvalue weighted by Gasteiger charge is 2.52. The van der Waals surface area contributed by atoms with Crippen LogP contribution in [0.1, 0.15) is 37.7 Å². The van der Waals surface area contributed by atoms with E-state index in [4.69, 9.17) is 25.8 Å². The van der Waals surface area contributed by atoms with Crippen molar-refractivity contribution in [3.8, 4) is 0 Å². The van der Waals surface area contributed by atoms with Crippen molar-refractivity contribution in [1.29, 1.82) is 0 Å². The zero-order chi connectivity index (χ0) is 27.8. The molecule has 5 atom stereocenters. The van der Waals surface area contributed by atoms with Crippen molar-refractivity contribution in [2.45, 2.75) is 68.0 Å². The third-order valence-corrected chi connectivity index (χ3v) is 8.59. The lowest BCUT2D eigenvalue weighted by atomic mass is 10.1. The molecule has 0 spiro atoms. The molecule has 5 rings (SSSR count). The van der Waals surface area contributed by atoms with Gasteiger partial charge in [-0.2, -0.15) is 20.3 Å². The molecule has 19 heteroatoms. The SMILES string of the molecule is COCC(Cc1nn[nH]n1)(OC[C@@H]1O[C@H](n2ncc3c(NC4CCCC4)nc(Cl)nc32)[C@@H](O)[C@H]1O)P(=O)(O)O. The van der Waals surface area contributed by atoms with E-state index >= 15 is 0 Å². The van der Waals surface area contributed by atoms with Gasteiger partial charge in [-0.05, 0) is 24.4 Å². The monoisotopic (exact) mass is 589 g/mol. The van der Waals surface area contributed by atoms with Gasteiger partial charge in [-0.3, -0.25) is 4.57 Å². The topological polar surface area (TPSA) is 236 Å². The molecule has 214 valence electrons. The highest BCUT2D eigenvalue weighted by Crippen LogP contribution is 2.53. The zero-order valence-corrected chi connectivity index (χ0v) is 22.4. The molecule has 3 aromatic rings. The van der Waals surface area contributed by atoms with E-state index in [1.165, 1.54) is 18.0 Å². The second-order valence-corrected chi connectivity index (χ2v) is 11.8. The van der Waals surface area contributed by atoms with Crippen LogP contribution in [0.25, 0.3) is 11.0 Å². The second kappa shape index (κ2) is 11.3.